The van der Waals surface area contributed by atoms with E-state index in [-0.39, 0.29) is 6.10 Å². The number of hydrogen-bond donors (Lipinski definition) is 1. The Bertz CT molecular complexity index is 743. The zero-order valence-electron chi connectivity index (χ0n) is 15.8. The van der Waals surface area contributed by atoms with Gasteiger partial charge in [-0.3, -0.25) is 0 Å². The Morgan fingerprint density at radius 2 is 1.59 bits per heavy atom. The average molecular weight is 370 g/mol. The van der Waals surface area contributed by atoms with Crippen LogP contribution in [0, 0.1) is 0 Å². The second-order valence-corrected chi connectivity index (χ2v) is 6.84. The molecule has 0 aliphatic heterocycles. The van der Waals surface area contributed by atoms with Gasteiger partial charge in [0.25, 0.3) is 0 Å². The van der Waals surface area contributed by atoms with Crippen molar-refractivity contribution in [3.63, 3.8) is 0 Å². The molecule has 27 heavy (non-hydrogen) atoms. The summed E-state index contributed by atoms with van der Waals surface area (Å²) in [5, 5.41) is 11.0. The fourth-order valence-corrected chi connectivity index (χ4v) is 3.54. The number of carbonyl (C=O) groups is 1. The lowest BCUT2D eigenvalue weighted by atomic mass is 9.78. The Morgan fingerprint density at radius 1 is 1.04 bits per heavy atom. The molecule has 0 aromatic heterocycles. The van der Waals surface area contributed by atoms with Gasteiger partial charge in [-0.2, -0.15) is 0 Å². The smallest absolute Gasteiger partial charge is 0.494 e. The molecule has 2 aromatic rings. The van der Waals surface area contributed by atoms with Crippen molar-refractivity contribution in [3.05, 3.63) is 54.1 Å². The molecular weight excluding hydrogens is 344 g/mol. The molecule has 0 heterocycles. The van der Waals surface area contributed by atoms with Gasteiger partial charge in [0.2, 0.25) is 0 Å². The van der Waals surface area contributed by atoms with Crippen molar-refractivity contribution >= 4 is 6.16 Å². The standard InChI is InChI=1S/C22H26O5/c1-3-26-19-10-6-17(7-11-19)16-4-8-18(9-5-16)22(24)14-12-20(13-15-22)27-21(23)25-2/h4-11,20,24H,3,12-15H2,1-2H3. The normalized spacial score (nSPS) is 22.1. The number of hydrogen-bond acceptors (Lipinski definition) is 5. The summed E-state index contributed by atoms with van der Waals surface area (Å²) in [5.41, 5.74) is 2.21. The molecule has 0 radical (unpaired) electrons. The van der Waals surface area contributed by atoms with Crippen LogP contribution in [0.1, 0.15) is 38.2 Å². The van der Waals surface area contributed by atoms with Crippen LogP contribution in [0.4, 0.5) is 4.79 Å². The summed E-state index contributed by atoms with van der Waals surface area (Å²) < 4.78 is 15.2. The molecule has 1 N–H and O–H groups in total. The summed E-state index contributed by atoms with van der Waals surface area (Å²) in [5.74, 6) is 0.859. The second kappa shape index (κ2) is 8.44. The zero-order chi connectivity index (χ0) is 19.3. The molecule has 0 saturated heterocycles. The maximum atomic E-state index is 11.2. The number of aliphatic hydroxyl groups is 1. The van der Waals surface area contributed by atoms with Crippen molar-refractivity contribution in [1.29, 1.82) is 0 Å². The molecule has 5 nitrogen and oxygen atoms in total. The van der Waals surface area contributed by atoms with Gasteiger partial charge >= 0.3 is 6.16 Å². The molecule has 3 rings (SSSR count). The van der Waals surface area contributed by atoms with Crippen molar-refractivity contribution in [1.82, 2.24) is 0 Å². The van der Waals surface area contributed by atoms with Gasteiger partial charge in [-0.15, -0.1) is 0 Å². The molecule has 1 aliphatic carbocycles. The first-order valence-electron chi connectivity index (χ1n) is 9.35. The predicted octanol–water partition coefficient (Wildman–Crippen LogP) is 4.67. The van der Waals surface area contributed by atoms with Crippen LogP contribution in [0.3, 0.4) is 0 Å². The molecule has 0 spiro atoms. The van der Waals surface area contributed by atoms with Gasteiger partial charge in [-0.25, -0.2) is 4.79 Å². The quantitative estimate of drug-likeness (QED) is 0.775. The second-order valence-electron chi connectivity index (χ2n) is 6.84. The van der Waals surface area contributed by atoms with Crippen LogP contribution in [0.25, 0.3) is 11.1 Å². The maximum Gasteiger partial charge on any atom is 0.508 e. The molecule has 144 valence electrons. The van der Waals surface area contributed by atoms with Crippen molar-refractivity contribution < 1.29 is 24.1 Å². The lowest BCUT2D eigenvalue weighted by Crippen LogP contribution is -2.35. The average Bonchev–Trinajstić information content (AvgIpc) is 2.71. The Balaban J connectivity index is 1.65. The van der Waals surface area contributed by atoms with Crippen molar-refractivity contribution in [2.75, 3.05) is 13.7 Å². The van der Waals surface area contributed by atoms with Crippen LogP contribution < -0.4 is 4.74 Å². The van der Waals surface area contributed by atoms with Crippen LogP contribution in [0.5, 0.6) is 5.75 Å². The SMILES string of the molecule is CCOc1ccc(-c2ccc(C3(O)CCC(OC(=O)OC)CC3)cc2)cc1. The van der Waals surface area contributed by atoms with Crippen LogP contribution in [-0.2, 0) is 15.1 Å². The van der Waals surface area contributed by atoms with E-state index in [9.17, 15) is 9.90 Å². The summed E-state index contributed by atoms with van der Waals surface area (Å²) in [7, 11) is 1.30. The minimum Gasteiger partial charge on any atom is -0.494 e. The minimum atomic E-state index is -0.882. The van der Waals surface area contributed by atoms with Gasteiger partial charge < -0.3 is 19.3 Å². The molecule has 1 saturated carbocycles. The largest absolute Gasteiger partial charge is 0.508 e. The molecule has 5 heteroatoms. The van der Waals surface area contributed by atoms with E-state index in [1.165, 1.54) is 7.11 Å². The molecule has 0 bridgehead atoms. The molecule has 1 aliphatic rings. The lowest BCUT2D eigenvalue weighted by molar-refractivity contribution is -0.0508. The highest BCUT2D eigenvalue weighted by Crippen LogP contribution is 2.38. The number of benzene rings is 2. The first kappa shape index (κ1) is 19.2. The maximum absolute atomic E-state index is 11.2. The number of carbonyl (C=O) groups excluding carboxylic acids is 1. The van der Waals surface area contributed by atoms with Crippen LogP contribution in [0.2, 0.25) is 0 Å². The van der Waals surface area contributed by atoms with Crippen LogP contribution in [-0.4, -0.2) is 31.1 Å². The van der Waals surface area contributed by atoms with E-state index in [1.54, 1.807) is 0 Å². The van der Waals surface area contributed by atoms with Gasteiger partial charge in [0.05, 0.1) is 19.3 Å². The third-order valence-electron chi connectivity index (χ3n) is 5.11. The van der Waals surface area contributed by atoms with E-state index in [2.05, 4.69) is 4.74 Å². The first-order chi connectivity index (χ1) is 13.0. The Kier molecular flexibility index (Phi) is 6.01. The molecule has 0 atom stereocenters. The number of rotatable bonds is 5. The van der Waals surface area contributed by atoms with Gasteiger partial charge in [-0.1, -0.05) is 36.4 Å². The fourth-order valence-electron chi connectivity index (χ4n) is 3.54. The van der Waals surface area contributed by atoms with Crippen LogP contribution in [0.15, 0.2) is 48.5 Å². The zero-order valence-corrected chi connectivity index (χ0v) is 15.8. The fraction of sp³-hybridized carbons (Fsp3) is 0.409. The third kappa shape index (κ3) is 4.61. The summed E-state index contributed by atoms with van der Waals surface area (Å²) in [6.07, 6.45) is 1.48. The van der Waals surface area contributed by atoms with Crippen molar-refractivity contribution in [3.8, 4) is 16.9 Å². The van der Waals surface area contributed by atoms with E-state index in [0.717, 1.165) is 22.4 Å². The minimum absolute atomic E-state index is 0.194. The number of ether oxygens (including phenoxy) is 3. The molecule has 0 amide bonds. The molecule has 0 unspecified atom stereocenters. The topological polar surface area (TPSA) is 65.0 Å². The molecule has 2 aromatic carbocycles. The van der Waals surface area contributed by atoms with Gasteiger partial charge in [0.15, 0.2) is 0 Å². The highest BCUT2D eigenvalue weighted by molar-refractivity contribution is 5.64. The summed E-state index contributed by atoms with van der Waals surface area (Å²) >= 11 is 0. The molecule has 1 fully saturated rings. The van der Waals surface area contributed by atoms with E-state index in [1.807, 2.05) is 55.5 Å². The molecular formula is C22H26O5. The highest BCUT2D eigenvalue weighted by Gasteiger charge is 2.36. The van der Waals surface area contributed by atoms with Gasteiger partial charge in [0.1, 0.15) is 11.9 Å². The third-order valence-corrected chi connectivity index (χ3v) is 5.11. The van der Waals surface area contributed by atoms with E-state index in [0.29, 0.717) is 32.3 Å². The monoisotopic (exact) mass is 370 g/mol. The van der Waals surface area contributed by atoms with E-state index in [4.69, 9.17) is 9.47 Å². The Labute approximate surface area is 159 Å². The summed E-state index contributed by atoms with van der Waals surface area (Å²) in [4.78, 5) is 11.2. The van der Waals surface area contributed by atoms with Gasteiger partial charge in [0, 0.05) is 0 Å². The highest BCUT2D eigenvalue weighted by atomic mass is 16.7. The number of methoxy groups -OCH3 is 1. The van der Waals surface area contributed by atoms with E-state index >= 15 is 0 Å². The first-order valence-corrected chi connectivity index (χ1v) is 9.35. The Morgan fingerprint density at radius 3 is 2.11 bits per heavy atom. The Hall–Kier alpha value is -2.53. The summed E-state index contributed by atoms with van der Waals surface area (Å²) in [6.45, 7) is 2.62. The van der Waals surface area contributed by atoms with Gasteiger partial charge in [-0.05, 0) is 61.4 Å². The van der Waals surface area contributed by atoms with Crippen molar-refractivity contribution in [2.45, 2.75) is 44.3 Å². The summed E-state index contributed by atoms with van der Waals surface area (Å²) in [6, 6.07) is 16.0. The predicted molar refractivity (Wildman–Crippen MR) is 103 cm³/mol. The van der Waals surface area contributed by atoms with Crippen LogP contribution >= 0.6 is 0 Å². The van der Waals surface area contributed by atoms with E-state index < -0.39 is 11.8 Å². The van der Waals surface area contributed by atoms with Crippen molar-refractivity contribution in [2.24, 2.45) is 0 Å². The lowest BCUT2D eigenvalue weighted by Gasteiger charge is -2.36.